The molecule has 2 aliphatic rings. The van der Waals surface area contributed by atoms with Crippen LogP contribution < -0.4 is 19.6 Å². The Hall–Kier alpha value is -3.75. The summed E-state index contributed by atoms with van der Waals surface area (Å²) in [4.78, 5) is 13.4. The van der Waals surface area contributed by atoms with Gasteiger partial charge >= 0.3 is 0 Å². The number of hydrogen-bond acceptors (Lipinski definition) is 17. The van der Waals surface area contributed by atoms with Crippen LogP contribution in [0.2, 0.25) is 0 Å². The molecule has 2 aliphatic heterocycles. The summed E-state index contributed by atoms with van der Waals surface area (Å²) in [5.41, 5.74) is -0.614. The molecule has 252 valence electrons. The normalized spacial score (nSPS) is 31.5. The van der Waals surface area contributed by atoms with Crippen molar-refractivity contribution in [3.05, 3.63) is 40.8 Å². The molecule has 0 bridgehead atoms. The molecule has 9 N–H and O–H groups in total. The minimum atomic E-state index is -1.86. The first kappa shape index (κ1) is 33.6. The van der Waals surface area contributed by atoms with Gasteiger partial charge < -0.3 is 78.8 Å². The van der Waals surface area contributed by atoms with Gasteiger partial charge in [0.15, 0.2) is 29.3 Å². The Morgan fingerprint density at radius 1 is 0.783 bits per heavy atom. The molecule has 0 amide bonds. The van der Waals surface area contributed by atoms with E-state index in [0.717, 1.165) is 19.4 Å². The van der Waals surface area contributed by atoms with Crippen LogP contribution in [0.5, 0.6) is 28.7 Å². The van der Waals surface area contributed by atoms with Gasteiger partial charge in [0.05, 0.1) is 33.0 Å². The smallest absolute Gasteiger partial charge is 0.229 e. The predicted octanol–water partition coefficient (Wildman–Crippen LogP) is -2.11. The Labute approximate surface area is 259 Å². The maximum absolute atomic E-state index is 13.4. The van der Waals surface area contributed by atoms with Crippen molar-refractivity contribution >= 4 is 11.0 Å². The summed E-state index contributed by atoms with van der Waals surface area (Å²) in [6, 6.07) is 5.38. The highest BCUT2D eigenvalue weighted by atomic mass is 16.7. The van der Waals surface area contributed by atoms with Gasteiger partial charge in [-0.3, -0.25) is 4.79 Å². The number of ether oxygens (including phenoxy) is 6. The molecule has 17 heteroatoms. The first-order chi connectivity index (χ1) is 21.9. The Morgan fingerprint density at radius 3 is 2.07 bits per heavy atom. The van der Waals surface area contributed by atoms with E-state index < -0.39 is 85.8 Å². The minimum Gasteiger partial charge on any atom is -0.504 e. The summed E-state index contributed by atoms with van der Waals surface area (Å²) in [5, 5.41) is 92.1. The van der Waals surface area contributed by atoms with Crippen LogP contribution in [-0.4, -0.2) is 135 Å². The molecule has 0 spiro atoms. The van der Waals surface area contributed by atoms with Gasteiger partial charge in [-0.05, 0) is 17.7 Å². The third-order valence-corrected chi connectivity index (χ3v) is 7.84. The molecule has 3 aromatic rings. The summed E-state index contributed by atoms with van der Waals surface area (Å²) >= 11 is 0. The zero-order chi connectivity index (χ0) is 33.4. The summed E-state index contributed by atoms with van der Waals surface area (Å²) in [6.07, 6.45) is -15.5. The highest BCUT2D eigenvalue weighted by Gasteiger charge is 2.48. The Balaban J connectivity index is 1.39. The molecule has 3 heterocycles. The van der Waals surface area contributed by atoms with E-state index in [1.807, 2.05) is 0 Å². The van der Waals surface area contributed by atoms with Gasteiger partial charge in [0.1, 0.15) is 66.1 Å². The van der Waals surface area contributed by atoms with Gasteiger partial charge in [0.2, 0.25) is 17.5 Å². The molecule has 0 aliphatic carbocycles. The molecular formula is C29H34O17. The van der Waals surface area contributed by atoms with E-state index in [4.69, 9.17) is 32.8 Å². The standard InChI is InChI=1S/C29H34O17/c1-40-13-4-3-10(5-12(13)31)11-8-42-14-6-15(27(41-2)22(35)18(14)19(11)32)44-29-26(39)24(37)21(34)17(46-29)9-43-28-25(38)23(36)20(33)16(7-30)45-28/h3-6,8,16-17,20-21,23-26,28-31,33-39H,7,9H2,1-2H3/t16-,17+,20-,21-,23+,24+,25-,26-,28-,29-/m1/s1. The average Bonchev–Trinajstić information content (AvgIpc) is 3.04. The number of aliphatic hydroxyl groups is 7. The van der Waals surface area contributed by atoms with E-state index >= 15 is 0 Å². The number of phenolic OH excluding ortho intramolecular Hbond substituents is 2. The molecule has 2 fully saturated rings. The number of fused-ring (bicyclic) bond motifs is 1. The second-order valence-electron chi connectivity index (χ2n) is 10.7. The van der Waals surface area contributed by atoms with Crippen molar-refractivity contribution in [3.63, 3.8) is 0 Å². The van der Waals surface area contributed by atoms with Gasteiger partial charge in [0.25, 0.3) is 0 Å². The maximum atomic E-state index is 13.4. The summed E-state index contributed by atoms with van der Waals surface area (Å²) in [5.74, 6) is -1.43. The van der Waals surface area contributed by atoms with Crippen molar-refractivity contribution in [2.45, 2.75) is 61.4 Å². The second-order valence-corrected chi connectivity index (χ2v) is 10.7. The Kier molecular flexibility index (Phi) is 9.89. The monoisotopic (exact) mass is 654 g/mol. The Bertz CT molecular complexity index is 1590. The largest absolute Gasteiger partial charge is 0.504 e. The van der Waals surface area contributed by atoms with Crippen molar-refractivity contribution in [1.29, 1.82) is 0 Å². The first-order valence-electron chi connectivity index (χ1n) is 13.9. The minimum absolute atomic E-state index is 0.0122. The number of rotatable bonds is 9. The fraction of sp³-hybridized carbons (Fsp3) is 0.483. The predicted molar refractivity (Wildman–Crippen MR) is 151 cm³/mol. The number of methoxy groups -OCH3 is 2. The lowest BCUT2D eigenvalue weighted by Gasteiger charge is -2.42. The molecule has 46 heavy (non-hydrogen) atoms. The fourth-order valence-electron chi connectivity index (χ4n) is 5.24. The molecular weight excluding hydrogens is 620 g/mol. The molecule has 2 saturated heterocycles. The first-order valence-corrected chi connectivity index (χ1v) is 13.9. The zero-order valence-corrected chi connectivity index (χ0v) is 24.4. The molecule has 0 radical (unpaired) electrons. The zero-order valence-electron chi connectivity index (χ0n) is 24.4. The highest BCUT2D eigenvalue weighted by molar-refractivity contribution is 5.91. The number of aromatic hydroxyl groups is 2. The Morgan fingerprint density at radius 2 is 1.43 bits per heavy atom. The maximum Gasteiger partial charge on any atom is 0.229 e. The number of hydrogen-bond donors (Lipinski definition) is 9. The van der Waals surface area contributed by atoms with Gasteiger partial charge in [-0.15, -0.1) is 0 Å². The van der Waals surface area contributed by atoms with Gasteiger partial charge in [0, 0.05) is 6.07 Å². The number of phenols is 2. The summed E-state index contributed by atoms with van der Waals surface area (Å²) in [7, 11) is 2.52. The van der Waals surface area contributed by atoms with E-state index in [1.165, 1.54) is 25.3 Å². The molecule has 2 aromatic carbocycles. The van der Waals surface area contributed by atoms with E-state index in [1.54, 1.807) is 0 Å². The third-order valence-electron chi connectivity index (χ3n) is 7.84. The molecule has 17 nitrogen and oxygen atoms in total. The molecule has 0 unspecified atom stereocenters. The van der Waals surface area contributed by atoms with Crippen molar-refractivity contribution in [1.82, 2.24) is 0 Å². The van der Waals surface area contributed by atoms with E-state index in [9.17, 15) is 50.8 Å². The molecule has 10 atom stereocenters. The highest BCUT2D eigenvalue weighted by Crippen LogP contribution is 2.43. The van der Waals surface area contributed by atoms with Crippen LogP contribution in [0.1, 0.15) is 0 Å². The van der Waals surface area contributed by atoms with Gasteiger partial charge in [-0.2, -0.15) is 0 Å². The van der Waals surface area contributed by atoms with Crippen LogP contribution >= 0.6 is 0 Å². The lowest BCUT2D eigenvalue weighted by atomic mass is 9.98. The molecule has 0 saturated carbocycles. The van der Waals surface area contributed by atoms with Crippen molar-refractivity contribution in [2.24, 2.45) is 0 Å². The lowest BCUT2D eigenvalue weighted by molar-refractivity contribution is -0.323. The van der Waals surface area contributed by atoms with Crippen molar-refractivity contribution < 1.29 is 78.8 Å². The lowest BCUT2D eigenvalue weighted by Crippen LogP contribution is -2.62. The van der Waals surface area contributed by atoms with E-state index in [-0.39, 0.29) is 45.1 Å². The topological polar surface area (TPSA) is 268 Å². The summed E-state index contributed by atoms with van der Waals surface area (Å²) in [6.45, 7) is -1.31. The van der Waals surface area contributed by atoms with Crippen LogP contribution in [0.15, 0.2) is 39.7 Å². The van der Waals surface area contributed by atoms with Gasteiger partial charge in [-0.1, -0.05) is 6.07 Å². The summed E-state index contributed by atoms with van der Waals surface area (Å²) < 4.78 is 37.9. The van der Waals surface area contributed by atoms with Crippen LogP contribution in [0.25, 0.3) is 22.1 Å². The van der Waals surface area contributed by atoms with Crippen LogP contribution in [0, 0.1) is 0 Å². The average molecular weight is 655 g/mol. The fourth-order valence-corrected chi connectivity index (χ4v) is 5.24. The van der Waals surface area contributed by atoms with Crippen LogP contribution in [0.4, 0.5) is 0 Å². The SMILES string of the molecule is COc1ccc(-c2coc3cc(O[C@@H]4O[C@@H](CO[C@@H]5O[C@H](CO)[C@@H](O)[C@H](O)[C@H]5O)[C@@H](O)[C@H](O)[C@H]4O)c(OC)c(O)c3c2=O)cc1O. The van der Waals surface area contributed by atoms with Crippen LogP contribution in [-0.2, 0) is 14.2 Å². The third kappa shape index (κ3) is 6.05. The number of benzene rings is 2. The van der Waals surface area contributed by atoms with Crippen LogP contribution in [0.3, 0.4) is 0 Å². The quantitative estimate of drug-likeness (QED) is 0.119. The van der Waals surface area contributed by atoms with E-state index in [2.05, 4.69) is 0 Å². The molecule has 5 rings (SSSR count). The van der Waals surface area contributed by atoms with E-state index in [0.29, 0.717) is 0 Å². The second kappa shape index (κ2) is 13.5. The van der Waals surface area contributed by atoms with Crippen molar-refractivity contribution in [2.75, 3.05) is 27.4 Å². The number of aliphatic hydroxyl groups excluding tert-OH is 7. The van der Waals surface area contributed by atoms with Crippen molar-refractivity contribution in [3.8, 4) is 39.9 Å². The molecule has 1 aromatic heterocycles. The van der Waals surface area contributed by atoms with Gasteiger partial charge in [-0.25, -0.2) is 0 Å².